The van der Waals surface area contributed by atoms with Crippen LogP contribution in [0.2, 0.25) is 0 Å². The van der Waals surface area contributed by atoms with Crippen LogP contribution in [-0.4, -0.2) is 22.6 Å². The van der Waals surface area contributed by atoms with Crippen LogP contribution in [0.15, 0.2) is 21.3 Å². The monoisotopic (exact) mass is 327 g/mol. The van der Waals surface area contributed by atoms with Gasteiger partial charge in [0.25, 0.3) is 0 Å². The first-order valence-corrected chi connectivity index (χ1v) is 9.22. The Labute approximate surface area is 142 Å². The van der Waals surface area contributed by atoms with Crippen LogP contribution in [0.4, 0.5) is 0 Å². The Kier molecular flexibility index (Phi) is 4.09. The molecule has 128 valence electrons. The average molecular weight is 327 g/mol. The van der Waals surface area contributed by atoms with Gasteiger partial charge in [0.1, 0.15) is 11.3 Å². The van der Waals surface area contributed by atoms with Crippen molar-refractivity contribution in [2.45, 2.75) is 64.5 Å². The smallest absolute Gasteiger partial charge is 0.339 e. The number of piperidine rings is 1. The molecule has 0 spiro atoms. The highest BCUT2D eigenvalue weighted by molar-refractivity contribution is 5.86. The molecule has 0 saturated carbocycles. The fourth-order valence-electron chi connectivity index (χ4n) is 4.48. The summed E-state index contributed by atoms with van der Waals surface area (Å²) in [5.74, 6) is 0.240. The van der Waals surface area contributed by atoms with Crippen LogP contribution in [0.5, 0.6) is 5.75 Å². The molecule has 1 atom stereocenters. The zero-order valence-electron chi connectivity index (χ0n) is 14.3. The van der Waals surface area contributed by atoms with E-state index in [0.29, 0.717) is 18.2 Å². The van der Waals surface area contributed by atoms with Gasteiger partial charge in [-0.25, -0.2) is 4.79 Å². The second-order valence-corrected chi connectivity index (χ2v) is 7.17. The lowest BCUT2D eigenvalue weighted by Crippen LogP contribution is -2.38. The van der Waals surface area contributed by atoms with E-state index in [-0.39, 0.29) is 11.4 Å². The van der Waals surface area contributed by atoms with Gasteiger partial charge in [-0.05, 0) is 62.8 Å². The fraction of sp³-hybridized carbons (Fsp3) is 0.550. The Morgan fingerprint density at radius 2 is 2.04 bits per heavy atom. The van der Waals surface area contributed by atoms with E-state index in [2.05, 4.69) is 11.8 Å². The predicted molar refractivity (Wildman–Crippen MR) is 94.5 cm³/mol. The maximum atomic E-state index is 12.3. The zero-order chi connectivity index (χ0) is 16.7. The van der Waals surface area contributed by atoms with Crippen molar-refractivity contribution in [3.63, 3.8) is 0 Å². The SMILES string of the molecule is CC[C@H]1CCCCN1Cc1c(O)ccc2c3c(c(=O)oc12)CCC3. The van der Waals surface area contributed by atoms with Crippen molar-refractivity contribution >= 4 is 11.0 Å². The van der Waals surface area contributed by atoms with Gasteiger partial charge in [-0.1, -0.05) is 13.3 Å². The molecule has 0 bridgehead atoms. The number of aromatic hydroxyl groups is 1. The quantitative estimate of drug-likeness (QED) is 0.872. The number of phenolic OH excluding ortho intramolecular Hbond substituents is 1. The van der Waals surface area contributed by atoms with Gasteiger partial charge < -0.3 is 9.52 Å². The maximum absolute atomic E-state index is 12.3. The second kappa shape index (κ2) is 6.25. The largest absolute Gasteiger partial charge is 0.507 e. The summed E-state index contributed by atoms with van der Waals surface area (Å²) in [7, 11) is 0. The Hall–Kier alpha value is -1.81. The zero-order valence-corrected chi connectivity index (χ0v) is 14.3. The van der Waals surface area contributed by atoms with Crippen LogP contribution >= 0.6 is 0 Å². The molecule has 2 aliphatic rings. The van der Waals surface area contributed by atoms with Gasteiger partial charge in [0, 0.05) is 23.5 Å². The average Bonchev–Trinajstić information content (AvgIpc) is 3.09. The summed E-state index contributed by atoms with van der Waals surface area (Å²) in [6, 6.07) is 4.23. The highest BCUT2D eigenvalue weighted by atomic mass is 16.4. The molecule has 2 heterocycles. The number of hydrogen-bond donors (Lipinski definition) is 1. The lowest BCUT2D eigenvalue weighted by atomic mass is 9.97. The summed E-state index contributed by atoms with van der Waals surface area (Å²) in [6.07, 6.45) is 7.56. The molecule has 1 aromatic carbocycles. The van der Waals surface area contributed by atoms with Crippen LogP contribution < -0.4 is 5.63 Å². The highest BCUT2D eigenvalue weighted by Crippen LogP contribution is 2.34. The molecule has 0 amide bonds. The molecule has 1 N–H and O–H groups in total. The first kappa shape index (κ1) is 15.7. The molecule has 2 aromatic rings. The lowest BCUT2D eigenvalue weighted by molar-refractivity contribution is 0.135. The first-order chi connectivity index (χ1) is 11.7. The third-order valence-electron chi connectivity index (χ3n) is 5.80. The molecule has 1 aliphatic heterocycles. The van der Waals surface area contributed by atoms with Crippen molar-refractivity contribution < 1.29 is 9.52 Å². The number of phenols is 1. The van der Waals surface area contributed by atoms with E-state index >= 15 is 0 Å². The van der Waals surface area contributed by atoms with Gasteiger partial charge in [-0.3, -0.25) is 4.90 Å². The molecule has 4 heteroatoms. The van der Waals surface area contributed by atoms with Crippen LogP contribution in [-0.2, 0) is 19.4 Å². The van der Waals surface area contributed by atoms with Gasteiger partial charge in [-0.15, -0.1) is 0 Å². The molecule has 1 fully saturated rings. The third kappa shape index (κ3) is 2.53. The normalized spacial score (nSPS) is 21.3. The van der Waals surface area contributed by atoms with E-state index in [1.165, 1.54) is 19.3 Å². The van der Waals surface area contributed by atoms with Crippen LogP contribution in [0, 0.1) is 0 Å². The molecule has 24 heavy (non-hydrogen) atoms. The summed E-state index contributed by atoms with van der Waals surface area (Å²) < 4.78 is 5.68. The van der Waals surface area contributed by atoms with Crippen molar-refractivity contribution in [3.05, 3.63) is 39.2 Å². The Bertz CT molecular complexity index is 824. The maximum Gasteiger partial charge on any atom is 0.339 e. The Morgan fingerprint density at radius 1 is 1.21 bits per heavy atom. The third-order valence-corrected chi connectivity index (χ3v) is 5.80. The summed E-state index contributed by atoms with van der Waals surface area (Å²) in [5.41, 5.74) is 3.13. The Morgan fingerprint density at radius 3 is 2.88 bits per heavy atom. The van der Waals surface area contributed by atoms with Gasteiger partial charge in [0.05, 0.1) is 5.56 Å². The number of benzene rings is 1. The summed E-state index contributed by atoms with van der Waals surface area (Å²) in [5, 5.41) is 11.5. The lowest BCUT2D eigenvalue weighted by Gasteiger charge is -2.35. The van der Waals surface area contributed by atoms with Crippen LogP contribution in [0.3, 0.4) is 0 Å². The predicted octanol–water partition coefficient (Wildman–Crippen LogP) is 3.75. The highest BCUT2D eigenvalue weighted by Gasteiger charge is 2.26. The molecule has 1 aromatic heterocycles. The number of rotatable bonds is 3. The van der Waals surface area contributed by atoms with Crippen molar-refractivity contribution in [2.75, 3.05) is 6.54 Å². The number of likely N-dealkylation sites (tertiary alicyclic amines) is 1. The van der Waals surface area contributed by atoms with E-state index in [0.717, 1.165) is 54.3 Å². The molecule has 0 unspecified atom stereocenters. The Balaban J connectivity index is 1.81. The molecule has 4 rings (SSSR count). The molecule has 4 nitrogen and oxygen atoms in total. The second-order valence-electron chi connectivity index (χ2n) is 7.17. The number of hydrogen-bond acceptors (Lipinski definition) is 4. The van der Waals surface area contributed by atoms with Crippen molar-refractivity contribution in [3.8, 4) is 5.75 Å². The summed E-state index contributed by atoms with van der Waals surface area (Å²) in [4.78, 5) is 14.8. The van der Waals surface area contributed by atoms with Crippen molar-refractivity contribution in [1.29, 1.82) is 0 Å². The van der Waals surface area contributed by atoms with Gasteiger partial charge in [0.2, 0.25) is 0 Å². The van der Waals surface area contributed by atoms with Crippen LogP contribution in [0.1, 0.15) is 55.7 Å². The standard InChI is InChI=1S/C20H25NO3/c1-2-13-6-3-4-11-21(13)12-17-18(22)10-9-15-14-7-5-8-16(14)20(23)24-19(15)17/h9-10,13,22H,2-8,11-12H2,1H3/t13-/m0/s1. The fourth-order valence-corrected chi connectivity index (χ4v) is 4.48. The minimum Gasteiger partial charge on any atom is -0.507 e. The van der Waals surface area contributed by atoms with Crippen LogP contribution in [0.25, 0.3) is 11.0 Å². The van der Waals surface area contributed by atoms with Gasteiger partial charge in [0.15, 0.2) is 0 Å². The van der Waals surface area contributed by atoms with E-state index in [1.807, 2.05) is 6.07 Å². The molecule has 1 saturated heterocycles. The van der Waals surface area contributed by atoms with Crippen molar-refractivity contribution in [1.82, 2.24) is 4.90 Å². The minimum absolute atomic E-state index is 0.215. The first-order valence-electron chi connectivity index (χ1n) is 9.22. The van der Waals surface area contributed by atoms with E-state index < -0.39 is 0 Å². The summed E-state index contributed by atoms with van der Waals surface area (Å²) in [6.45, 7) is 3.92. The van der Waals surface area contributed by atoms with E-state index in [9.17, 15) is 9.90 Å². The molecular weight excluding hydrogens is 302 g/mol. The van der Waals surface area contributed by atoms with Crippen molar-refractivity contribution in [2.24, 2.45) is 0 Å². The number of nitrogens with zero attached hydrogens (tertiary/aromatic N) is 1. The van der Waals surface area contributed by atoms with Gasteiger partial charge >= 0.3 is 5.63 Å². The van der Waals surface area contributed by atoms with E-state index in [1.54, 1.807) is 6.07 Å². The molecule has 0 radical (unpaired) electrons. The number of aryl methyl sites for hydroxylation is 1. The molecule has 1 aliphatic carbocycles. The van der Waals surface area contributed by atoms with Gasteiger partial charge in [-0.2, -0.15) is 0 Å². The van der Waals surface area contributed by atoms with E-state index in [4.69, 9.17) is 4.42 Å². The molecular formula is C20H25NO3. The number of fused-ring (bicyclic) bond motifs is 3. The summed E-state index contributed by atoms with van der Waals surface area (Å²) >= 11 is 0. The topological polar surface area (TPSA) is 53.7 Å². The minimum atomic E-state index is -0.215.